The number of nitrogen functional groups attached to an aromatic ring is 1. The van der Waals surface area contributed by atoms with E-state index in [1.54, 1.807) is 19.1 Å². The van der Waals surface area contributed by atoms with Crippen LogP contribution in [0.15, 0.2) is 22.7 Å². The maximum absolute atomic E-state index is 12.0. The third-order valence-corrected chi connectivity index (χ3v) is 3.47. The maximum Gasteiger partial charge on any atom is 0.260 e. The molecule has 19 heavy (non-hydrogen) atoms. The molecule has 3 N–H and O–H groups in total. The van der Waals surface area contributed by atoms with E-state index in [0.717, 1.165) is 17.3 Å². The number of anilines is 1. The molecule has 0 radical (unpaired) electrons. The summed E-state index contributed by atoms with van der Waals surface area (Å²) in [6, 6.07) is 5.53. The zero-order chi connectivity index (χ0) is 14.4. The standard InChI is InChI=1S/C14H21BrN2O2/c1-4-11(5-2)17-14(18)9(3)19-13-7-6-10(15)8-12(13)16/h6-9,11H,4-5,16H2,1-3H3,(H,17,18). The van der Waals surface area contributed by atoms with Crippen LogP contribution < -0.4 is 15.8 Å². The number of hydrogen-bond donors (Lipinski definition) is 2. The summed E-state index contributed by atoms with van der Waals surface area (Å²) < 4.78 is 6.47. The van der Waals surface area contributed by atoms with E-state index in [2.05, 4.69) is 21.2 Å². The maximum atomic E-state index is 12.0. The lowest BCUT2D eigenvalue weighted by Gasteiger charge is -2.20. The molecule has 0 aliphatic heterocycles. The van der Waals surface area contributed by atoms with Gasteiger partial charge in [-0.25, -0.2) is 0 Å². The minimum absolute atomic E-state index is 0.115. The van der Waals surface area contributed by atoms with Crippen LogP contribution >= 0.6 is 15.9 Å². The highest BCUT2D eigenvalue weighted by molar-refractivity contribution is 9.10. The molecule has 4 nitrogen and oxygen atoms in total. The monoisotopic (exact) mass is 328 g/mol. The first-order valence-corrected chi connectivity index (χ1v) is 7.29. The minimum Gasteiger partial charge on any atom is -0.479 e. The lowest BCUT2D eigenvalue weighted by Crippen LogP contribution is -2.42. The molecule has 1 unspecified atom stereocenters. The summed E-state index contributed by atoms with van der Waals surface area (Å²) >= 11 is 3.33. The third kappa shape index (κ3) is 4.74. The Morgan fingerprint density at radius 2 is 2.05 bits per heavy atom. The van der Waals surface area contributed by atoms with Gasteiger partial charge in [-0.05, 0) is 38.0 Å². The second-order valence-corrected chi connectivity index (χ2v) is 5.38. The van der Waals surface area contributed by atoms with Crippen LogP contribution in [0, 0.1) is 0 Å². The molecular formula is C14H21BrN2O2. The van der Waals surface area contributed by atoms with Crippen molar-refractivity contribution in [3.05, 3.63) is 22.7 Å². The Labute approximate surface area is 122 Å². The molecule has 1 atom stereocenters. The van der Waals surface area contributed by atoms with Crippen molar-refractivity contribution in [1.82, 2.24) is 5.32 Å². The van der Waals surface area contributed by atoms with Crippen molar-refractivity contribution in [3.8, 4) is 5.75 Å². The van der Waals surface area contributed by atoms with Crippen molar-refractivity contribution in [1.29, 1.82) is 0 Å². The predicted molar refractivity (Wildman–Crippen MR) is 81.2 cm³/mol. The Balaban J connectivity index is 2.63. The molecular weight excluding hydrogens is 308 g/mol. The summed E-state index contributed by atoms with van der Waals surface area (Å²) in [5.41, 5.74) is 6.35. The van der Waals surface area contributed by atoms with Crippen LogP contribution in [0.5, 0.6) is 5.75 Å². The van der Waals surface area contributed by atoms with Crippen molar-refractivity contribution in [2.45, 2.75) is 45.8 Å². The van der Waals surface area contributed by atoms with Gasteiger partial charge in [-0.1, -0.05) is 29.8 Å². The fraction of sp³-hybridized carbons (Fsp3) is 0.500. The molecule has 0 fully saturated rings. The number of ether oxygens (including phenoxy) is 1. The molecule has 0 saturated carbocycles. The van der Waals surface area contributed by atoms with Gasteiger partial charge >= 0.3 is 0 Å². The van der Waals surface area contributed by atoms with Crippen LogP contribution in [0.1, 0.15) is 33.6 Å². The van der Waals surface area contributed by atoms with Gasteiger partial charge in [-0.15, -0.1) is 0 Å². The second-order valence-electron chi connectivity index (χ2n) is 4.46. The molecule has 1 aromatic rings. The van der Waals surface area contributed by atoms with Gasteiger partial charge in [0, 0.05) is 10.5 Å². The molecule has 1 amide bonds. The summed E-state index contributed by atoms with van der Waals surface area (Å²) in [6.07, 6.45) is 1.26. The molecule has 1 rings (SSSR count). The first-order valence-electron chi connectivity index (χ1n) is 6.50. The molecule has 106 valence electrons. The van der Waals surface area contributed by atoms with Crippen molar-refractivity contribution >= 4 is 27.5 Å². The highest BCUT2D eigenvalue weighted by atomic mass is 79.9. The number of rotatable bonds is 6. The molecule has 5 heteroatoms. The molecule has 0 spiro atoms. The van der Waals surface area contributed by atoms with Gasteiger partial charge in [-0.2, -0.15) is 0 Å². The van der Waals surface area contributed by atoms with E-state index in [1.165, 1.54) is 0 Å². The van der Waals surface area contributed by atoms with E-state index in [9.17, 15) is 4.79 Å². The number of carbonyl (C=O) groups is 1. The number of nitrogens with one attached hydrogen (secondary N) is 1. The van der Waals surface area contributed by atoms with E-state index in [4.69, 9.17) is 10.5 Å². The van der Waals surface area contributed by atoms with Crippen molar-refractivity contribution in [2.75, 3.05) is 5.73 Å². The second kappa shape index (κ2) is 7.38. The zero-order valence-corrected chi connectivity index (χ0v) is 13.2. The number of nitrogens with two attached hydrogens (primary N) is 1. The summed E-state index contributed by atoms with van der Waals surface area (Å²) in [6.45, 7) is 5.82. The zero-order valence-electron chi connectivity index (χ0n) is 11.6. The van der Waals surface area contributed by atoms with Crippen LogP contribution in [-0.2, 0) is 4.79 Å². The summed E-state index contributed by atoms with van der Waals surface area (Å²) in [5, 5.41) is 2.95. The van der Waals surface area contributed by atoms with E-state index in [0.29, 0.717) is 11.4 Å². The largest absolute Gasteiger partial charge is 0.479 e. The molecule has 0 bridgehead atoms. The number of amides is 1. The topological polar surface area (TPSA) is 64.3 Å². The van der Waals surface area contributed by atoms with Crippen LogP contribution in [0.2, 0.25) is 0 Å². The van der Waals surface area contributed by atoms with Gasteiger partial charge in [0.05, 0.1) is 5.69 Å². The molecule has 0 aromatic heterocycles. The summed E-state index contributed by atoms with van der Waals surface area (Å²) in [5.74, 6) is 0.409. The first-order chi connectivity index (χ1) is 8.97. The van der Waals surface area contributed by atoms with Gasteiger partial charge in [0.1, 0.15) is 5.75 Å². The van der Waals surface area contributed by atoms with Gasteiger partial charge < -0.3 is 15.8 Å². The molecule has 0 heterocycles. The Hall–Kier alpha value is -1.23. The minimum atomic E-state index is -0.566. The SMILES string of the molecule is CCC(CC)NC(=O)C(C)Oc1ccc(Br)cc1N. The van der Waals surface area contributed by atoms with E-state index in [-0.39, 0.29) is 11.9 Å². The van der Waals surface area contributed by atoms with Crippen LogP contribution in [0.25, 0.3) is 0 Å². The quantitative estimate of drug-likeness (QED) is 0.788. The van der Waals surface area contributed by atoms with Crippen molar-refractivity contribution in [3.63, 3.8) is 0 Å². The summed E-state index contributed by atoms with van der Waals surface area (Å²) in [4.78, 5) is 12.0. The van der Waals surface area contributed by atoms with Gasteiger partial charge in [-0.3, -0.25) is 4.79 Å². The fourth-order valence-corrected chi connectivity index (χ4v) is 2.06. The molecule has 0 saturated heterocycles. The number of halogens is 1. The van der Waals surface area contributed by atoms with Crippen LogP contribution in [0.4, 0.5) is 5.69 Å². The smallest absolute Gasteiger partial charge is 0.260 e. The number of hydrogen-bond acceptors (Lipinski definition) is 3. The van der Waals surface area contributed by atoms with Crippen LogP contribution in [-0.4, -0.2) is 18.1 Å². The fourth-order valence-electron chi connectivity index (χ4n) is 1.68. The average Bonchev–Trinajstić information content (AvgIpc) is 2.38. The summed E-state index contributed by atoms with van der Waals surface area (Å²) in [7, 11) is 0. The van der Waals surface area contributed by atoms with Gasteiger partial charge in [0.2, 0.25) is 0 Å². The average molecular weight is 329 g/mol. The van der Waals surface area contributed by atoms with Crippen molar-refractivity contribution < 1.29 is 9.53 Å². The highest BCUT2D eigenvalue weighted by Gasteiger charge is 2.18. The van der Waals surface area contributed by atoms with Gasteiger partial charge in [0.25, 0.3) is 5.91 Å². The lowest BCUT2D eigenvalue weighted by atomic mass is 10.1. The van der Waals surface area contributed by atoms with E-state index in [1.807, 2.05) is 19.9 Å². The normalized spacial score (nSPS) is 12.3. The molecule has 0 aliphatic carbocycles. The lowest BCUT2D eigenvalue weighted by molar-refractivity contribution is -0.128. The Bertz CT molecular complexity index is 433. The Morgan fingerprint density at radius 1 is 1.42 bits per heavy atom. The Morgan fingerprint density at radius 3 is 2.58 bits per heavy atom. The van der Waals surface area contributed by atoms with E-state index < -0.39 is 6.10 Å². The number of carbonyl (C=O) groups excluding carboxylic acids is 1. The van der Waals surface area contributed by atoms with E-state index >= 15 is 0 Å². The molecule has 0 aliphatic rings. The van der Waals surface area contributed by atoms with Crippen molar-refractivity contribution in [2.24, 2.45) is 0 Å². The van der Waals surface area contributed by atoms with Gasteiger partial charge in [0.15, 0.2) is 6.10 Å². The van der Waals surface area contributed by atoms with Crippen LogP contribution in [0.3, 0.4) is 0 Å². The molecule has 1 aromatic carbocycles. The first kappa shape index (κ1) is 15.8. The highest BCUT2D eigenvalue weighted by Crippen LogP contribution is 2.26. The third-order valence-electron chi connectivity index (χ3n) is 2.98. The predicted octanol–water partition coefficient (Wildman–Crippen LogP) is 3.10. The Kier molecular flexibility index (Phi) is 6.15. The number of benzene rings is 1.